The fourth-order valence-corrected chi connectivity index (χ4v) is 2.56. The van der Waals surface area contributed by atoms with Gasteiger partial charge in [-0.2, -0.15) is 0 Å². The second kappa shape index (κ2) is 8.76. The lowest BCUT2D eigenvalue weighted by molar-refractivity contribution is -0.129. The van der Waals surface area contributed by atoms with Gasteiger partial charge in [-0.25, -0.2) is 9.18 Å². The Morgan fingerprint density at radius 2 is 1.84 bits per heavy atom. The number of halogens is 2. The third-order valence-corrected chi connectivity index (χ3v) is 4.25. The molecule has 0 unspecified atom stereocenters. The lowest BCUT2D eigenvalue weighted by atomic mass is 10.0. The highest BCUT2D eigenvalue weighted by Crippen LogP contribution is 2.17. The van der Waals surface area contributed by atoms with Crippen molar-refractivity contribution in [3.63, 3.8) is 0 Å². The number of rotatable bonds is 6. The van der Waals surface area contributed by atoms with Crippen molar-refractivity contribution in [3.8, 4) is 0 Å². The van der Waals surface area contributed by atoms with E-state index in [4.69, 9.17) is 4.74 Å². The summed E-state index contributed by atoms with van der Waals surface area (Å²) >= 11 is 3.12. The van der Waals surface area contributed by atoms with E-state index in [-0.39, 0.29) is 11.5 Å². The van der Waals surface area contributed by atoms with Crippen LogP contribution in [0.4, 0.5) is 4.39 Å². The molecule has 0 saturated carbocycles. The lowest BCUT2D eigenvalue weighted by Gasteiger charge is -2.17. The van der Waals surface area contributed by atoms with Crippen LogP contribution in [-0.4, -0.2) is 24.5 Å². The van der Waals surface area contributed by atoms with Crippen LogP contribution >= 0.6 is 15.9 Å². The van der Waals surface area contributed by atoms with Crippen molar-refractivity contribution >= 4 is 27.8 Å². The number of benzene rings is 2. The molecule has 0 saturated heterocycles. The zero-order chi connectivity index (χ0) is 18.4. The van der Waals surface area contributed by atoms with Crippen molar-refractivity contribution in [2.75, 3.05) is 6.54 Å². The third-order valence-electron chi connectivity index (χ3n) is 3.76. The molecule has 1 amide bonds. The maximum absolute atomic E-state index is 13.8. The van der Waals surface area contributed by atoms with E-state index in [0.717, 1.165) is 5.56 Å². The smallest absolute Gasteiger partial charge is 0.341 e. The van der Waals surface area contributed by atoms with Crippen molar-refractivity contribution in [2.45, 2.75) is 25.9 Å². The summed E-state index contributed by atoms with van der Waals surface area (Å²) < 4.78 is 19.3. The van der Waals surface area contributed by atoms with Crippen LogP contribution in [0.15, 0.2) is 53.0 Å². The second-order valence-corrected chi connectivity index (χ2v) is 6.64. The van der Waals surface area contributed by atoms with Gasteiger partial charge in [0.05, 0.1) is 5.56 Å². The Bertz CT molecular complexity index is 752. The number of esters is 1. The lowest BCUT2D eigenvalue weighted by Crippen LogP contribution is -2.37. The maximum atomic E-state index is 13.8. The van der Waals surface area contributed by atoms with E-state index >= 15 is 0 Å². The molecule has 0 radical (unpaired) electrons. The van der Waals surface area contributed by atoms with Gasteiger partial charge in [-0.05, 0) is 36.6 Å². The first-order valence-corrected chi connectivity index (χ1v) is 8.66. The van der Waals surface area contributed by atoms with Gasteiger partial charge in [-0.1, -0.05) is 53.2 Å². The second-order valence-electron chi connectivity index (χ2n) is 5.73. The van der Waals surface area contributed by atoms with Crippen molar-refractivity contribution < 1.29 is 18.7 Å². The monoisotopic (exact) mass is 407 g/mol. The summed E-state index contributed by atoms with van der Waals surface area (Å²) in [7, 11) is 0. The van der Waals surface area contributed by atoms with Gasteiger partial charge in [0.1, 0.15) is 5.82 Å². The molecule has 2 rings (SSSR count). The summed E-state index contributed by atoms with van der Waals surface area (Å²) in [6.45, 7) is 3.86. The molecule has 0 aliphatic carbocycles. The highest BCUT2D eigenvalue weighted by molar-refractivity contribution is 9.10. The number of hydrogen-bond acceptors (Lipinski definition) is 3. The summed E-state index contributed by atoms with van der Waals surface area (Å²) in [4.78, 5) is 24.1. The number of carbonyl (C=O) groups is 2. The Balaban J connectivity index is 1.88. The Morgan fingerprint density at radius 3 is 2.48 bits per heavy atom. The van der Waals surface area contributed by atoms with Gasteiger partial charge in [0, 0.05) is 11.0 Å². The van der Waals surface area contributed by atoms with Crippen LogP contribution in [0.5, 0.6) is 0 Å². The van der Waals surface area contributed by atoms with Gasteiger partial charge in [0.25, 0.3) is 5.91 Å². The van der Waals surface area contributed by atoms with Gasteiger partial charge in [-0.3, -0.25) is 4.79 Å². The molecule has 4 nitrogen and oxygen atoms in total. The Labute approximate surface area is 154 Å². The first-order valence-electron chi connectivity index (χ1n) is 7.87. The molecule has 0 aromatic heterocycles. The van der Waals surface area contributed by atoms with Crippen LogP contribution < -0.4 is 5.32 Å². The predicted molar refractivity (Wildman–Crippen MR) is 96.8 cm³/mol. The molecule has 0 heterocycles. The van der Waals surface area contributed by atoms with Crippen molar-refractivity contribution in [3.05, 3.63) is 69.9 Å². The maximum Gasteiger partial charge on any atom is 0.341 e. The number of hydrogen-bond donors (Lipinski definition) is 1. The Kier molecular flexibility index (Phi) is 6.70. The van der Waals surface area contributed by atoms with Gasteiger partial charge in [0.15, 0.2) is 6.10 Å². The average molecular weight is 408 g/mol. The SMILES string of the molecule is C[C@@H](OC(=O)c1ccc(Br)cc1F)C(=O)NC[C@H](C)c1ccccc1. The minimum atomic E-state index is -1.02. The number of nitrogens with one attached hydrogen (secondary N) is 1. The zero-order valence-electron chi connectivity index (χ0n) is 14.0. The molecule has 0 fully saturated rings. The van der Waals surface area contributed by atoms with Crippen LogP contribution in [0, 0.1) is 5.82 Å². The molecule has 2 aromatic carbocycles. The van der Waals surface area contributed by atoms with E-state index in [1.54, 1.807) is 0 Å². The first kappa shape index (κ1) is 19.1. The number of carbonyl (C=O) groups excluding carboxylic acids is 2. The summed E-state index contributed by atoms with van der Waals surface area (Å²) in [6, 6.07) is 13.8. The fraction of sp³-hybridized carbons (Fsp3) is 0.263. The molecule has 0 spiro atoms. The predicted octanol–water partition coefficient (Wildman–Crippen LogP) is 4.05. The van der Waals surface area contributed by atoms with Crippen LogP contribution in [0.25, 0.3) is 0 Å². The topological polar surface area (TPSA) is 55.4 Å². The van der Waals surface area contributed by atoms with E-state index < -0.39 is 23.8 Å². The highest BCUT2D eigenvalue weighted by Gasteiger charge is 2.21. The minimum Gasteiger partial charge on any atom is -0.449 e. The van der Waals surface area contributed by atoms with Crippen molar-refractivity contribution in [1.82, 2.24) is 5.32 Å². The van der Waals surface area contributed by atoms with Crippen LogP contribution in [0.2, 0.25) is 0 Å². The number of amides is 1. The highest BCUT2D eigenvalue weighted by atomic mass is 79.9. The molecule has 0 bridgehead atoms. The zero-order valence-corrected chi connectivity index (χ0v) is 15.5. The molecule has 0 aliphatic heterocycles. The molecule has 132 valence electrons. The molecule has 2 atom stereocenters. The van der Waals surface area contributed by atoms with Gasteiger partial charge in [-0.15, -0.1) is 0 Å². The molecular weight excluding hydrogens is 389 g/mol. The van der Waals surface area contributed by atoms with Gasteiger partial charge in [0.2, 0.25) is 0 Å². The van der Waals surface area contributed by atoms with Crippen molar-refractivity contribution in [1.29, 1.82) is 0 Å². The van der Waals surface area contributed by atoms with E-state index in [1.165, 1.54) is 25.1 Å². The van der Waals surface area contributed by atoms with E-state index in [9.17, 15) is 14.0 Å². The van der Waals surface area contributed by atoms with E-state index in [1.807, 2.05) is 37.3 Å². The third kappa shape index (κ3) is 5.39. The fourth-order valence-electron chi connectivity index (χ4n) is 2.23. The summed E-state index contributed by atoms with van der Waals surface area (Å²) in [5, 5.41) is 2.74. The molecule has 25 heavy (non-hydrogen) atoms. The quantitative estimate of drug-likeness (QED) is 0.734. The Morgan fingerprint density at radius 1 is 1.16 bits per heavy atom. The van der Waals surface area contributed by atoms with E-state index in [2.05, 4.69) is 21.2 Å². The van der Waals surface area contributed by atoms with Crippen LogP contribution in [-0.2, 0) is 9.53 Å². The molecular formula is C19H19BrFNO3. The average Bonchev–Trinajstić information content (AvgIpc) is 2.59. The standard InChI is InChI=1S/C19H19BrFNO3/c1-12(14-6-4-3-5-7-14)11-22-18(23)13(2)25-19(24)16-9-8-15(20)10-17(16)21/h3-10,12-13H,11H2,1-2H3,(H,22,23)/t12-,13+/m0/s1. The summed E-state index contributed by atoms with van der Waals surface area (Å²) in [5.41, 5.74) is 0.893. The Hall–Kier alpha value is -2.21. The van der Waals surface area contributed by atoms with E-state index in [0.29, 0.717) is 11.0 Å². The van der Waals surface area contributed by atoms with Crippen molar-refractivity contribution in [2.24, 2.45) is 0 Å². The normalized spacial score (nSPS) is 13.0. The van der Waals surface area contributed by atoms with Gasteiger partial charge >= 0.3 is 5.97 Å². The van der Waals surface area contributed by atoms with Crippen LogP contribution in [0.1, 0.15) is 35.7 Å². The minimum absolute atomic E-state index is 0.122. The summed E-state index contributed by atoms with van der Waals surface area (Å²) in [6.07, 6.45) is -1.02. The molecule has 6 heteroatoms. The molecule has 1 N–H and O–H groups in total. The van der Waals surface area contributed by atoms with Crippen LogP contribution in [0.3, 0.4) is 0 Å². The van der Waals surface area contributed by atoms with Gasteiger partial charge < -0.3 is 10.1 Å². The summed E-state index contributed by atoms with van der Waals surface area (Å²) in [5.74, 6) is -1.88. The number of ether oxygens (including phenoxy) is 1. The molecule has 0 aliphatic rings. The molecule has 2 aromatic rings. The largest absolute Gasteiger partial charge is 0.449 e. The first-order chi connectivity index (χ1) is 11.9.